The minimum absolute atomic E-state index is 0.0704. The summed E-state index contributed by atoms with van der Waals surface area (Å²) in [6.07, 6.45) is 3.81. The van der Waals surface area contributed by atoms with Gasteiger partial charge in [0.25, 0.3) is 0 Å². The standard InChI is InChI=1S/C19H28O2/c1-12(2)15-10-17(13(3)4)16(8-7-9-19(20)21)18(11-15)14(5)6/h7-8,10-14H,9H2,1-6H3,(H,20,21). The number of carboxylic acid groups (broad SMARTS) is 1. The van der Waals surface area contributed by atoms with E-state index in [-0.39, 0.29) is 6.42 Å². The monoisotopic (exact) mass is 288 g/mol. The molecule has 0 heterocycles. The molecule has 0 radical (unpaired) electrons. The van der Waals surface area contributed by atoms with Gasteiger partial charge in [-0.15, -0.1) is 0 Å². The fourth-order valence-corrected chi connectivity index (χ4v) is 2.48. The first-order valence-electron chi connectivity index (χ1n) is 7.80. The van der Waals surface area contributed by atoms with Crippen molar-refractivity contribution in [1.82, 2.24) is 0 Å². The molecule has 1 aromatic carbocycles. The highest BCUT2D eigenvalue weighted by Gasteiger charge is 2.15. The molecule has 1 N–H and O–H groups in total. The summed E-state index contributed by atoms with van der Waals surface area (Å²) in [4.78, 5) is 10.7. The van der Waals surface area contributed by atoms with E-state index in [4.69, 9.17) is 5.11 Å². The van der Waals surface area contributed by atoms with Gasteiger partial charge < -0.3 is 5.11 Å². The van der Waals surface area contributed by atoms with E-state index in [1.54, 1.807) is 6.08 Å². The number of aliphatic carboxylic acids is 1. The van der Waals surface area contributed by atoms with Gasteiger partial charge in [-0.25, -0.2) is 0 Å². The van der Waals surface area contributed by atoms with Crippen molar-refractivity contribution >= 4 is 12.0 Å². The SMILES string of the molecule is CC(C)c1cc(C(C)C)c(C=CCC(=O)O)c(C(C)C)c1. The smallest absolute Gasteiger partial charge is 0.307 e. The van der Waals surface area contributed by atoms with E-state index in [0.717, 1.165) is 0 Å². The highest BCUT2D eigenvalue weighted by molar-refractivity contribution is 5.71. The van der Waals surface area contributed by atoms with E-state index in [9.17, 15) is 4.79 Å². The van der Waals surface area contributed by atoms with E-state index >= 15 is 0 Å². The molecule has 0 bridgehead atoms. The second-order valence-electron chi connectivity index (χ2n) is 6.58. The number of rotatable bonds is 6. The summed E-state index contributed by atoms with van der Waals surface area (Å²) < 4.78 is 0. The minimum Gasteiger partial charge on any atom is -0.481 e. The molecule has 0 aliphatic carbocycles. The quantitative estimate of drug-likeness (QED) is 0.745. The van der Waals surface area contributed by atoms with Gasteiger partial charge in [0.2, 0.25) is 0 Å². The van der Waals surface area contributed by atoms with Crippen molar-refractivity contribution in [2.75, 3.05) is 0 Å². The summed E-state index contributed by atoms with van der Waals surface area (Å²) in [6.45, 7) is 13.2. The fourth-order valence-electron chi connectivity index (χ4n) is 2.48. The van der Waals surface area contributed by atoms with Crippen LogP contribution in [0.15, 0.2) is 18.2 Å². The molecular weight excluding hydrogens is 260 g/mol. The molecule has 0 amide bonds. The lowest BCUT2D eigenvalue weighted by Crippen LogP contribution is -2.03. The van der Waals surface area contributed by atoms with Crippen molar-refractivity contribution < 1.29 is 9.90 Å². The van der Waals surface area contributed by atoms with E-state index < -0.39 is 5.97 Å². The Kier molecular flexibility index (Phi) is 6.19. The van der Waals surface area contributed by atoms with E-state index in [0.29, 0.717) is 17.8 Å². The van der Waals surface area contributed by atoms with Crippen LogP contribution in [0, 0.1) is 0 Å². The Balaban J connectivity index is 3.42. The maximum absolute atomic E-state index is 10.7. The molecule has 0 aliphatic rings. The lowest BCUT2D eigenvalue weighted by molar-refractivity contribution is -0.135. The Hall–Kier alpha value is -1.57. The normalized spacial score (nSPS) is 12.0. The zero-order valence-electron chi connectivity index (χ0n) is 14.1. The molecular formula is C19H28O2. The van der Waals surface area contributed by atoms with Gasteiger partial charge in [-0.05, 0) is 40.0 Å². The Morgan fingerprint density at radius 1 is 1.00 bits per heavy atom. The summed E-state index contributed by atoms with van der Waals surface area (Å²) in [6, 6.07) is 4.56. The van der Waals surface area contributed by atoms with Crippen molar-refractivity contribution in [1.29, 1.82) is 0 Å². The van der Waals surface area contributed by atoms with E-state index in [1.165, 1.54) is 22.3 Å². The zero-order valence-corrected chi connectivity index (χ0v) is 14.1. The summed E-state index contributed by atoms with van der Waals surface area (Å²) in [5.74, 6) is 0.552. The van der Waals surface area contributed by atoms with E-state index in [2.05, 4.69) is 53.7 Å². The molecule has 21 heavy (non-hydrogen) atoms. The molecule has 0 aromatic heterocycles. The topological polar surface area (TPSA) is 37.3 Å². The second-order valence-corrected chi connectivity index (χ2v) is 6.58. The predicted octanol–water partition coefficient (Wildman–Crippen LogP) is 5.54. The van der Waals surface area contributed by atoms with Gasteiger partial charge in [-0.3, -0.25) is 4.79 Å². The van der Waals surface area contributed by atoms with Gasteiger partial charge in [-0.2, -0.15) is 0 Å². The van der Waals surface area contributed by atoms with Gasteiger partial charge in [0.15, 0.2) is 0 Å². The molecule has 1 rings (SSSR count). The number of hydrogen-bond donors (Lipinski definition) is 1. The third-order valence-electron chi connectivity index (χ3n) is 3.75. The third kappa shape index (κ3) is 4.73. The second kappa shape index (κ2) is 7.44. The molecule has 0 unspecified atom stereocenters. The molecule has 0 spiro atoms. The van der Waals surface area contributed by atoms with Gasteiger partial charge in [0.05, 0.1) is 6.42 Å². The zero-order chi connectivity index (χ0) is 16.2. The number of carbonyl (C=O) groups is 1. The molecule has 0 aliphatic heterocycles. The fraction of sp³-hybridized carbons (Fsp3) is 0.526. The van der Waals surface area contributed by atoms with Crippen molar-refractivity contribution in [3.8, 4) is 0 Å². The van der Waals surface area contributed by atoms with Crippen LogP contribution < -0.4 is 0 Å². The molecule has 0 saturated carbocycles. The lowest BCUT2D eigenvalue weighted by atomic mass is 9.84. The largest absolute Gasteiger partial charge is 0.481 e. The minimum atomic E-state index is -0.790. The van der Waals surface area contributed by atoms with Crippen molar-refractivity contribution in [3.05, 3.63) is 40.5 Å². The molecule has 1 aromatic rings. The van der Waals surface area contributed by atoms with Crippen molar-refractivity contribution in [3.63, 3.8) is 0 Å². The number of hydrogen-bond acceptors (Lipinski definition) is 1. The van der Waals surface area contributed by atoms with Crippen LogP contribution in [0.1, 0.15) is 88.0 Å². The van der Waals surface area contributed by atoms with Crippen LogP contribution in [0.3, 0.4) is 0 Å². The summed E-state index contributed by atoms with van der Waals surface area (Å²) in [7, 11) is 0. The van der Waals surface area contributed by atoms with Crippen LogP contribution >= 0.6 is 0 Å². The van der Waals surface area contributed by atoms with Crippen LogP contribution in [-0.4, -0.2) is 11.1 Å². The third-order valence-corrected chi connectivity index (χ3v) is 3.75. The van der Waals surface area contributed by atoms with Gasteiger partial charge in [0, 0.05) is 0 Å². The Bertz CT molecular complexity index is 493. The predicted molar refractivity (Wildman–Crippen MR) is 90.0 cm³/mol. The maximum atomic E-state index is 10.7. The number of benzene rings is 1. The summed E-state index contributed by atoms with van der Waals surface area (Å²) >= 11 is 0. The van der Waals surface area contributed by atoms with Crippen molar-refractivity contribution in [2.45, 2.75) is 65.7 Å². The van der Waals surface area contributed by atoms with Crippen LogP contribution in [-0.2, 0) is 4.79 Å². The Labute approximate surface area is 128 Å². The Morgan fingerprint density at radius 3 is 1.81 bits per heavy atom. The lowest BCUT2D eigenvalue weighted by Gasteiger charge is -2.21. The summed E-state index contributed by atoms with van der Waals surface area (Å²) in [5.41, 5.74) is 5.18. The van der Waals surface area contributed by atoms with Gasteiger partial charge in [-0.1, -0.05) is 65.8 Å². The van der Waals surface area contributed by atoms with Gasteiger partial charge in [0.1, 0.15) is 0 Å². The average molecular weight is 288 g/mol. The first kappa shape index (κ1) is 17.5. The van der Waals surface area contributed by atoms with Crippen LogP contribution in [0.25, 0.3) is 6.08 Å². The average Bonchev–Trinajstić information content (AvgIpc) is 2.37. The van der Waals surface area contributed by atoms with Crippen LogP contribution in [0.5, 0.6) is 0 Å². The molecule has 0 atom stereocenters. The number of carboxylic acids is 1. The Morgan fingerprint density at radius 2 is 1.48 bits per heavy atom. The van der Waals surface area contributed by atoms with Crippen LogP contribution in [0.4, 0.5) is 0 Å². The van der Waals surface area contributed by atoms with Crippen LogP contribution in [0.2, 0.25) is 0 Å². The first-order valence-corrected chi connectivity index (χ1v) is 7.80. The molecule has 0 fully saturated rings. The summed E-state index contributed by atoms with van der Waals surface area (Å²) in [5, 5.41) is 8.81. The molecule has 2 heteroatoms. The highest BCUT2D eigenvalue weighted by Crippen LogP contribution is 2.33. The highest BCUT2D eigenvalue weighted by atomic mass is 16.4. The first-order chi connectivity index (χ1) is 9.73. The molecule has 0 saturated heterocycles. The maximum Gasteiger partial charge on any atom is 0.307 e. The molecule has 116 valence electrons. The van der Waals surface area contributed by atoms with Gasteiger partial charge >= 0.3 is 5.97 Å². The van der Waals surface area contributed by atoms with Crippen molar-refractivity contribution in [2.24, 2.45) is 0 Å². The molecule has 2 nitrogen and oxygen atoms in total. The van der Waals surface area contributed by atoms with E-state index in [1.807, 2.05) is 6.08 Å².